The average molecular weight is 239 g/mol. The zero-order chi connectivity index (χ0) is 12.4. The van der Waals surface area contributed by atoms with Gasteiger partial charge in [0.15, 0.2) is 0 Å². The quantitative estimate of drug-likeness (QED) is 0.770. The molecule has 3 unspecified atom stereocenters. The van der Waals surface area contributed by atoms with Crippen molar-refractivity contribution in [2.24, 2.45) is 11.7 Å². The number of piperidine rings is 1. The molecule has 3 atom stereocenters. The van der Waals surface area contributed by atoms with Crippen LogP contribution in [-0.4, -0.2) is 55.0 Å². The van der Waals surface area contributed by atoms with E-state index in [0.717, 1.165) is 38.8 Å². The molecule has 0 aromatic carbocycles. The van der Waals surface area contributed by atoms with Gasteiger partial charge in [0, 0.05) is 25.2 Å². The van der Waals surface area contributed by atoms with Gasteiger partial charge in [-0.15, -0.1) is 0 Å². The monoisotopic (exact) mass is 239 g/mol. The van der Waals surface area contributed by atoms with E-state index in [-0.39, 0.29) is 12.0 Å². The molecule has 4 nitrogen and oxygen atoms in total. The Kier molecular flexibility index (Phi) is 4.05. The molecule has 17 heavy (non-hydrogen) atoms. The lowest BCUT2D eigenvalue weighted by molar-refractivity contribution is -0.137. The van der Waals surface area contributed by atoms with Crippen LogP contribution in [0.4, 0.5) is 0 Å². The van der Waals surface area contributed by atoms with Crippen LogP contribution in [0.5, 0.6) is 0 Å². The summed E-state index contributed by atoms with van der Waals surface area (Å²) in [6.07, 6.45) is 5.44. The molecule has 0 radical (unpaired) electrons. The molecule has 1 saturated carbocycles. The molecule has 2 N–H and O–H groups in total. The molecule has 1 amide bonds. The van der Waals surface area contributed by atoms with Gasteiger partial charge >= 0.3 is 0 Å². The summed E-state index contributed by atoms with van der Waals surface area (Å²) < 4.78 is 0. The van der Waals surface area contributed by atoms with Gasteiger partial charge in [0.1, 0.15) is 0 Å². The maximum absolute atomic E-state index is 12.4. The molecular weight excluding hydrogens is 214 g/mol. The molecule has 0 aromatic heterocycles. The summed E-state index contributed by atoms with van der Waals surface area (Å²) in [5.41, 5.74) is 6.02. The largest absolute Gasteiger partial charge is 0.341 e. The van der Waals surface area contributed by atoms with Crippen LogP contribution >= 0.6 is 0 Å². The van der Waals surface area contributed by atoms with Gasteiger partial charge in [0.25, 0.3) is 0 Å². The standard InChI is InChI=1S/C13H25N3O/c1-15(2)10-5-4-8-16(9-10)13(17)11-6-3-7-12(11)14/h10-12H,3-9,14H2,1-2H3. The molecular formula is C13H25N3O. The number of likely N-dealkylation sites (tertiary alicyclic amines) is 1. The molecule has 0 aromatic rings. The van der Waals surface area contributed by atoms with Crippen molar-refractivity contribution in [1.82, 2.24) is 9.80 Å². The van der Waals surface area contributed by atoms with Crippen LogP contribution in [0, 0.1) is 5.92 Å². The maximum atomic E-state index is 12.4. The SMILES string of the molecule is CN(C)C1CCCN(C(=O)C2CCCC2N)C1. The summed E-state index contributed by atoms with van der Waals surface area (Å²) in [5.74, 6) is 0.400. The van der Waals surface area contributed by atoms with Gasteiger partial charge in [-0.1, -0.05) is 6.42 Å². The first-order valence-electron chi connectivity index (χ1n) is 6.80. The minimum absolute atomic E-state index is 0.0934. The highest BCUT2D eigenvalue weighted by Crippen LogP contribution is 2.27. The first kappa shape index (κ1) is 12.8. The molecule has 4 heteroatoms. The van der Waals surface area contributed by atoms with E-state index in [1.165, 1.54) is 6.42 Å². The van der Waals surface area contributed by atoms with Crippen LogP contribution in [0.1, 0.15) is 32.1 Å². The van der Waals surface area contributed by atoms with Gasteiger partial charge in [-0.25, -0.2) is 0 Å². The van der Waals surface area contributed by atoms with E-state index in [9.17, 15) is 4.79 Å². The van der Waals surface area contributed by atoms with Gasteiger partial charge in [-0.05, 0) is 39.8 Å². The Balaban J connectivity index is 1.94. The summed E-state index contributed by atoms with van der Waals surface area (Å²) in [4.78, 5) is 16.7. The second kappa shape index (κ2) is 5.36. The maximum Gasteiger partial charge on any atom is 0.227 e. The van der Waals surface area contributed by atoms with Crippen LogP contribution in [0.25, 0.3) is 0 Å². The van der Waals surface area contributed by atoms with E-state index in [1.807, 2.05) is 4.90 Å². The van der Waals surface area contributed by atoms with Gasteiger partial charge in [-0.3, -0.25) is 4.79 Å². The number of amides is 1. The van der Waals surface area contributed by atoms with Crippen molar-refractivity contribution in [2.45, 2.75) is 44.2 Å². The van der Waals surface area contributed by atoms with Crippen molar-refractivity contribution in [3.8, 4) is 0 Å². The van der Waals surface area contributed by atoms with Crippen LogP contribution in [0.2, 0.25) is 0 Å². The summed E-state index contributed by atoms with van der Waals surface area (Å²) >= 11 is 0. The Labute approximate surface area is 104 Å². The van der Waals surface area contributed by atoms with Crippen LogP contribution in [0.3, 0.4) is 0 Å². The number of likely N-dealkylation sites (N-methyl/N-ethyl adjacent to an activating group) is 1. The van der Waals surface area contributed by atoms with E-state index < -0.39 is 0 Å². The predicted molar refractivity (Wildman–Crippen MR) is 68.6 cm³/mol. The van der Waals surface area contributed by atoms with Gasteiger partial charge in [0.2, 0.25) is 5.91 Å². The molecule has 2 rings (SSSR count). The molecule has 2 fully saturated rings. The van der Waals surface area contributed by atoms with E-state index in [1.54, 1.807) is 0 Å². The van der Waals surface area contributed by atoms with Crippen LogP contribution in [-0.2, 0) is 4.79 Å². The number of hydrogen-bond acceptors (Lipinski definition) is 3. The molecule has 98 valence electrons. The Morgan fingerprint density at radius 3 is 2.59 bits per heavy atom. The lowest BCUT2D eigenvalue weighted by Crippen LogP contribution is -2.50. The number of hydrogen-bond donors (Lipinski definition) is 1. The Morgan fingerprint density at radius 2 is 2.00 bits per heavy atom. The van der Waals surface area contributed by atoms with Crippen molar-refractivity contribution < 1.29 is 4.79 Å². The van der Waals surface area contributed by atoms with E-state index in [4.69, 9.17) is 5.73 Å². The highest BCUT2D eigenvalue weighted by atomic mass is 16.2. The topological polar surface area (TPSA) is 49.6 Å². The third kappa shape index (κ3) is 2.80. The summed E-state index contributed by atoms with van der Waals surface area (Å²) in [5, 5.41) is 0. The van der Waals surface area contributed by atoms with Crippen molar-refractivity contribution >= 4 is 5.91 Å². The number of carbonyl (C=O) groups is 1. The van der Waals surface area contributed by atoms with Crippen molar-refractivity contribution in [1.29, 1.82) is 0 Å². The lowest BCUT2D eigenvalue weighted by Gasteiger charge is -2.37. The summed E-state index contributed by atoms with van der Waals surface area (Å²) in [7, 11) is 4.19. The van der Waals surface area contributed by atoms with E-state index in [0.29, 0.717) is 11.9 Å². The molecule has 1 heterocycles. The lowest BCUT2D eigenvalue weighted by atomic mass is 9.99. The Bertz CT molecular complexity index is 280. The zero-order valence-electron chi connectivity index (χ0n) is 11.1. The van der Waals surface area contributed by atoms with Gasteiger partial charge < -0.3 is 15.5 Å². The fraction of sp³-hybridized carbons (Fsp3) is 0.923. The van der Waals surface area contributed by atoms with Crippen molar-refractivity contribution in [2.75, 3.05) is 27.2 Å². The normalized spacial score (nSPS) is 34.4. The number of rotatable bonds is 2. The first-order chi connectivity index (χ1) is 8.09. The molecule has 1 aliphatic heterocycles. The second-order valence-electron chi connectivity index (χ2n) is 5.75. The fourth-order valence-corrected chi connectivity index (χ4v) is 3.11. The number of nitrogens with zero attached hydrogens (tertiary/aromatic N) is 2. The highest BCUT2D eigenvalue weighted by Gasteiger charge is 2.35. The second-order valence-corrected chi connectivity index (χ2v) is 5.75. The molecule has 2 aliphatic rings. The molecule has 1 saturated heterocycles. The van der Waals surface area contributed by atoms with E-state index in [2.05, 4.69) is 19.0 Å². The van der Waals surface area contributed by atoms with E-state index >= 15 is 0 Å². The molecule has 0 bridgehead atoms. The smallest absolute Gasteiger partial charge is 0.227 e. The summed E-state index contributed by atoms with van der Waals surface area (Å²) in [6, 6.07) is 0.618. The fourth-order valence-electron chi connectivity index (χ4n) is 3.11. The number of carbonyl (C=O) groups excluding carboxylic acids is 1. The van der Waals surface area contributed by atoms with Gasteiger partial charge in [-0.2, -0.15) is 0 Å². The third-order valence-electron chi connectivity index (χ3n) is 4.33. The highest BCUT2D eigenvalue weighted by molar-refractivity contribution is 5.80. The Hall–Kier alpha value is -0.610. The van der Waals surface area contributed by atoms with Crippen LogP contribution in [0.15, 0.2) is 0 Å². The third-order valence-corrected chi connectivity index (χ3v) is 4.33. The first-order valence-corrected chi connectivity index (χ1v) is 6.80. The zero-order valence-corrected chi connectivity index (χ0v) is 11.1. The van der Waals surface area contributed by atoms with Crippen LogP contribution < -0.4 is 5.73 Å². The predicted octanol–water partition coefficient (Wildman–Crippen LogP) is 0.666. The minimum atomic E-state index is 0.0934. The summed E-state index contributed by atoms with van der Waals surface area (Å²) in [6.45, 7) is 1.81. The number of nitrogens with two attached hydrogens (primary N) is 1. The Morgan fingerprint density at radius 1 is 1.24 bits per heavy atom. The van der Waals surface area contributed by atoms with Crippen molar-refractivity contribution in [3.05, 3.63) is 0 Å². The average Bonchev–Trinajstić information content (AvgIpc) is 2.74. The molecule has 0 spiro atoms. The molecule has 1 aliphatic carbocycles. The minimum Gasteiger partial charge on any atom is -0.341 e. The van der Waals surface area contributed by atoms with Crippen molar-refractivity contribution in [3.63, 3.8) is 0 Å². The van der Waals surface area contributed by atoms with Gasteiger partial charge in [0.05, 0.1) is 5.92 Å².